The molecule has 3 rings (SSSR count). The topological polar surface area (TPSA) is 70.2 Å². The second-order valence-electron chi connectivity index (χ2n) is 5.63. The van der Waals surface area contributed by atoms with E-state index in [2.05, 4.69) is 16.0 Å². The van der Waals surface area contributed by atoms with Gasteiger partial charge < -0.3 is 10.6 Å². The molecular weight excluding hydrogens is 342 g/mol. The van der Waals surface area contributed by atoms with Crippen molar-refractivity contribution in [2.24, 2.45) is 5.92 Å². The molecule has 124 valence electrons. The maximum Gasteiger partial charge on any atom is 0.267 e. The lowest BCUT2D eigenvalue weighted by Gasteiger charge is -2.15. The number of anilines is 2. The Kier molecular flexibility index (Phi) is 4.92. The number of rotatable bonds is 4. The summed E-state index contributed by atoms with van der Waals surface area (Å²) in [5.41, 5.74) is 2.38. The van der Waals surface area contributed by atoms with E-state index < -0.39 is 0 Å². The van der Waals surface area contributed by atoms with Gasteiger partial charge in [0.25, 0.3) is 5.91 Å². The van der Waals surface area contributed by atoms with Crippen LogP contribution in [0.25, 0.3) is 0 Å². The van der Waals surface area contributed by atoms with Gasteiger partial charge in [-0.3, -0.25) is 14.9 Å². The molecule has 24 heavy (non-hydrogen) atoms. The Balaban J connectivity index is 1.64. The molecule has 5 nitrogen and oxygen atoms in total. The van der Waals surface area contributed by atoms with Gasteiger partial charge in [0, 0.05) is 17.3 Å². The molecule has 0 atom stereocenters. The quantitative estimate of drug-likeness (QED) is 0.731. The minimum atomic E-state index is -0.238. The Morgan fingerprint density at radius 1 is 1.12 bits per heavy atom. The van der Waals surface area contributed by atoms with Crippen molar-refractivity contribution in [2.75, 3.05) is 10.6 Å². The van der Waals surface area contributed by atoms with Gasteiger partial charge in [-0.2, -0.15) is 0 Å². The summed E-state index contributed by atoms with van der Waals surface area (Å²) in [6.07, 6.45) is 1.92. The van der Waals surface area contributed by atoms with Crippen LogP contribution in [0.15, 0.2) is 35.7 Å². The number of thiocarbonyl (C=S) groups is 1. The van der Waals surface area contributed by atoms with E-state index in [4.69, 9.17) is 12.2 Å². The van der Waals surface area contributed by atoms with Crippen LogP contribution in [-0.4, -0.2) is 16.9 Å². The van der Waals surface area contributed by atoms with Gasteiger partial charge in [-0.05, 0) is 61.1 Å². The average molecular weight is 359 g/mol. The zero-order chi connectivity index (χ0) is 17.1. The van der Waals surface area contributed by atoms with Gasteiger partial charge in [0.2, 0.25) is 5.91 Å². The number of carbonyl (C=O) groups is 2. The van der Waals surface area contributed by atoms with Crippen LogP contribution >= 0.6 is 23.6 Å². The predicted octanol–water partition coefficient (Wildman–Crippen LogP) is 3.53. The third-order valence-electron chi connectivity index (χ3n) is 3.76. The van der Waals surface area contributed by atoms with E-state index in [1.807, 2.05) is 36.6 Å². The van der Waals surface area contributed by atoms with Gasteiger partial charge >= 0.3 is 0 Å². The highest BCUT2D eigenvalue weighted by atomic mass is 32.1. The molecule has 7 heteroatoms. The third-order valence-corrected chi connectivity index (χ3v) is 4.83. The normalized spacial score (nSPS) is 13.2. The molecule has 1 heterocycles. The van der Waals surface area contributed by atoms with Crippen molar-refractivity contribution >= 4 is 51.9 Å². The van der Waals surface area contributed by atoms with Crippen molar-refractivity contribution in [3.63, 3.8) is 0 Å². The molecule has 1 aromatic carbocycles. The zero-order valence-electron chi connectivity index (χ0n) is 13.1. The van der Waals surface area contributed by atoms with E-state index in [0.717, 1.165) is 29.8 Å². The van der Waals surface area contributed by atoms with Crippen molar-refractivity contribution in [2.45, 2.75) is 19.8 Å². The van der Waals surface area contributed by atoms with Crippen molar-refractivity contribution in [3.05, 3.63) is 46.2 Å². The van der Waals surface area contributed by atoms with Crippen LogP contribution in [0.1, 0.15) is 28.1 Å². The van der Waals surface area contributed by atoms with E-state index in [0.29, 0.717) is 4.88 Å². The highest BCUT2D eigenvalue weighted by molar-refractivity contribution is 7.80. The van der Waals surface area contributed by atoms with Gasteiger partial charge in [0.1, 0.15) is 0 Å². The minimum Gasteiger partial charge on any atom is -0.332 e. The fraction of sp³-hybridized carbons (Fsp3) is 0.235. The minimum absolute atomic E-state index is 0.0591. The number of amides is 2. The second kappa shape index (κ2) is 7.11. The second-order valence-corrected chi connectivity index (χ2v) is 6.98. The molecule has 1 aliphatic carbocycles. The van der Waals surface area contributed by atoms with Gasteiger partial charge in [0.15, 0.2) is 5.11 Å². The SMILES string of the molecule is Cc1c(NC(=O)C2CC2)cccc1NC(=S)NC(=O)c1cccs1. The molecule has 0 unspecified atom stereocenters. The molecule has 3 N–H and O–H groups in total. The Morgan fingerprint density at radius 2 is 1.83 bits per heavy atom. The van der Waals surface area contributed by atoms with Crippen LogP contribution in [-0.2, 0) is 4.79 Å². The van der Waals surface area contributed by atoms with Crippen LogP contribution in [0.5, 0.6) is 0 Å². The number of hydrogen-bond acceptors (Lipinski definition) is 4. The first-order chi connectivity index (χ1) is 11.5. The first-order valence-electron chi connectivity index (χ1n) is 7.61. The number of nitrogens with one attached hydrogen (secondary N) is 3. The Morgan fingerprint density at radius 3 is 2.46 bits per heavy atom. The van der Waals surface area contributed by atoms with Crippen molar-refractivity contribution in [1.29, 1.82) is 0 Å². The van der Waals surface area contributed by atoms with Crippen LogP contribution < -0.4 is 16.0 Å². The summed E-state index contributed by atoms with van der Waals surface area (Å²) in [5.74, 6) is -0.0330. The number of hydrogen-bond donors (Lipinski definition) is 3. The van der Waals surface area contributed by atoms with Gasteiger partial charge in [-0.15, -0.1) is 11.3 Å². The van der Waals surface area contributed by atoms with Crippen LogP contribution in [0, 0.1) is 12.8 Å². The molecular formula is C17H17N3O2S2. The average Bonchev–Trinajstić information content (AvgIpc) is 3.25. The lowest BCUT2D eigenvalue weighted by Crippen LogP contribution is -2.33. The number of carbonyl (C=O) groups excluding carboxylic acids is 2. The zero-order valence-corrected chi connectivity index (χ0v) is 14.7. The molecule has 0 bridgehead atoms. The summed E-state index contributed by atoms with van der Waals surface area (Å²) in [6, 6.07) is 9.09. The highest BCUT2D eigenvalue weighted by Gasteiger charge is 2.29. The summed E-state index contributed by atoms with van der Waals surface area (Å²) in [7, 11) is 0. The predicted molar refractivity (Wildman–Crippen MR) is 101 cm³/mol. The molecule has 0 radical (unpaired) electrons. The molecule has 2 aromatic rings. The fourth-order valence-electron chi connectivity index (χ4n) is 2.21. The molecule has 1 aliphatic rings. The molecule has 1 saturated carbocycles. The first-order valence-corrected chi connectivity index (χ1v) is 8.89. The van der Waals surface area contributed by atoms with Crippen molar-refractivity contribution in [3.8, 4) is 0 Å². The van der Waals surface area contributed by atoms with Gasteiger partial charge in [0.05, 0.1) is 4.88 Å². The Labute approximate surface area is 149 Å². The lowest BCUT2D eigenvalue weighted by atomic mass is 10.1. The summed E-state index contributed by atoms with van der Waals surface area (Å²) in [4.78, 5) is 24.5. The standard InChI is InChI=1S/C17H17N3O2S2/c1-10-12(18-15(21)11-7-8-11)4-2-5-13(10)19-17(23)20-16(22)14-6-3-9-24-14/h2-6,9,11H,7-8H2,1H3,(H,18,21)(H2,19,20,22,23). The largest absolute Gasteiger partial charge is 0.332 e. The summed E-state index contributed by atoms with van der Waals surface area (Å²) < 4.78 is 0. The monoisotopic (exact) mass is 359 g/mol. The van der Waals surface area contributed by atoms with Crippen molar-refractivity contribution in [1.82, 2.24) is 5.32 Å². The smallest absolute Gasteiger partial charge is 0.267 e. The maximum atomic E-state index is 12.0. The van der Waals surface area contributed by atoms with Crippen molar-refractivity contribution < 1.29 is 9.59 Å². The summed E-state index contributed by atoms with van der Waals surface area (Å²) in [6.45, 7) is 1.90. The molecule has 0 saturated heterocycles. The number of benzene rings is 1. The summed E-state index contributed by atoms with van der Waals surface area (Å²) >= 11 is 6.56. The lowest BCUT2D eigenvalue weighted by molar-refractivity contribution is -0.117. The van der Waals surface area contributed by atoms with Crippen LogP contribution in [0.4, 0.5) is 11.4 Å². The molecule has 1 fully saturated rings. The third kappa shape index (κ3) is 3.98. The van der Waals surface area contributed by atoms with Crippen LogP contribution in [0.2, 0.25) is 0 Å². The highest BCUT2D eigenvalue weighted by Crippen LogP contribution is 2.31. The molecule has 1 aromatic heterocycles. The fourth-order valence-corrected chi connectivity index (χ4v) is 3.03. The first kappa shape index (κ1) is 16.6. The van der Waals surface area contributed by atoms with Gasteiger partial charge in [-0.25, -0.2) is 0 Å². The molecule has 2 amide bonds. The summed E-state index contributed by atoms with van der Waals surface area (Å²) in [5, 5.41) is 10.7. The van der Waals surface area contributed by atoms with Gasteiger partial charge in [-0.1, -0.05) is 12.1 Å². The number of thiophene rings is 1. The Bertz CT molecular complexity index is 783. The Hall–Kier alpha value is -2.25. The van der Waals surface area contributed by atoms with E-state index in [1.165, 1.54) is 11.3 Å². The van der Waals surface area contributed by atoms with E-state index in [9.17, 15) is 9.59 Å². The molecule has 0 spiro atoms. The maximum absolute atomic E-state index is 12.0. The van der Waals surface area contributed by atoms with E-state index in [1.54, 1.807) is 6.07 Å². The van der Waals surface area contributed by atoms with Crippen LogP contribution in [0.3, 0.4) is 0 Å². The van der Waals surface area contributed by atoms with E-state index in [-0.39, 0.29) is 22.8 Å². The molecule has 0 aliphatic heterocycles. The van der Waals surface area contributed by atoms with E-state index >= 15 is 0 Å².